The molecule has 0 bridgehead atoms. The normalized spacial score (nSPS) is 11.6. The molecule has 0 saturated heterocycles. The molecule has 9 heteroatoms. The number of hydrogen-bond acceptors (Lipinski definition) is 4. The number of nitrogens with zero attached hydrogens (tertiary/aromatic N) is 3. The number of hydrogen-bond donors (Lipinski definition) is 2. The quantitative estimate of drug-likeness (QED) is 0.673. The summed E-state index contributed by atoms with van der Waals surface area (Å²) in [6.45, 7) is 0. The van der Waals surface area contributed by atoms with Crippen molar-refractivity contribution in [2.45, 2.75) is 16.2 Å². The highest BCUT2D eigenvalue weighted by atomic mass is 32.2. The van der Waals surface area contributed by atoms with Crippen LogP contribution in [0.5, 0.6) is 0 Å². The van der Waals surface area contributed by atoms with Gasteiger partial charge in [-0.3, -0.25) is 5.41 Å². The van der Waals surface area contributed by atoms with Crippen LogP contribution in [-0.2, 0) is 13.2 Å². The molecule has 2 rings (SSSR count). The third-order valence-corrected chi connectivity index (χ3v) is 3.51. The molecule has 0 atom stereocenters. The van der Waals surface area contributed by atoms with E-state index >= 15 is 0 Å². The van der Waals surface area contributed by atoms with Crippen LogP contribution in [0.15, 0.2) is 34.6 Å². The van der Waals surface area contributed by atoms with E-state index in [9.17, 15) is 13.2 Å². The minimum Gasteiger partial charge on any atom is -0.384 e. The number of nitrogens with two attached hydrogens (primary N) is 1. The van der Waals surface area contributed by atoms with Crippen LogP contribution < -0.4 is 5.73 Å². The molecule has 0 aliphatic heterocycles. The van der Waals surface area contributed by atoms with Gasteiger partial charge in [0.2, 0.25) is 0 Å². The van der Waals surface area contributed by atoms with E-state index in [1.165, 1.54) is 18.5 Å². The molecule has 0 radical (unpaired) electrons. The molecular formula is C11H10F3N5S. The monoisotopic (exact) mass is 301 g/mol. The summed E-state index contributed by atoms with van der Waals surface area (Å²) in [7, 11) is 1.69. The van der Waals surface area contributed by atoms with Gasteiger partial charge in [0, 0.05) is 17.5 Å². The van der Waals surface area contributed by atoms with Gasteiger partial charge in [-0.15, -0.1) is 10.2 Å². The maximum atomic E-state index is 13.0. The number of nitrogens with one attached hydrogen (secondary N) is 1. The Hall–Kier alpha value is -2.03. The lowest BCUT2D eigenvalue weighted by molar-refractivity contribution is -0.137. The first-order chi connectivity index (χ1) is 9.29. The Morgan fingerprint density at radius 3 is 2.60 bits per heavy atom. The van der Waals surface area contributed by atoms with Crippen molar-refractivity contribution in [3.63, 3.8) is 0 Å². The fraction of sp³-hybridized carbons (Fsp3) is 0.182. The van der Waals surface area contributed by atoms with Gasteiger partial charge in [-0.25, -0.2) is 0 Å². The predicted octanol–water partition coefficient (Wildman–Crippen LogP) is 2.27. The second kappa shape index (κ2) is 5.16. The summed E-state index contributed by atoms with van der Waals surface area (Å²) in [5, 5.41) is 15.1. The molecule has 106 valence electrons. The number of alkyl halides is 3. The molecular weight excluding hydrogens is 291 g/mol. The maximum absolute atomic E-state index is 13.0. The Morgan fingerprint density at radius 2 is 2.10 bits per heavy atom. The van der Waals surface area contributed by atoms with E-state index < -0.39 is 17.6 Å². The fourth-order valence-electron chi connectivity index (χ4n) is 1.53. The highest BCUT2D eigenvalue weighted by molar-refractivity contribution is 7.99. The molecule has 1 heterocycles. The highest BCUT2D eigenvalue weighted by Crippen LogP contribution is 2.36. The van der Waals surface area contributed by atoms with Crippen molar-refractivity contribution < 1.29 is 13.2 Å². The van der Waals surface area contributed by atoms with Gasteiger partial charge in [-0.2, -0.15) is 13.2 Å². The molecule has 1 aromatic carbocycles. The number of aromatic nitrogens is 3. The topological polar surface area (TPSA) is 80.6 Å². The Bertz CT molecular complexity index is 650. The van der Waals surface area contributed by atoms with Crippen LogP contribution in [0.2, 0.25) is 0 Å². The lowest BCUT2D eigenvalue weighted by atomic mass is 10.1. The van der Waals surface area contributed by atoms with Crippen molar-refractivity contribution in [2.75, 3.05) is 0 Å². The van der Waals surface area contributed by atoms with Crippen molar-refractivity contribution in [1.82, 2.24) is 14.8 Å². The van der Waals surface area contributed by atoms with Gasteiger partial charge in [-0.1, -0.05) is 0 Å². The second-order valence-corrected chi connectivity index (χ2v) is 4.99. The van der Waals surface area contributed by atoms with Crippen molar-refractivity contribution in [2.24, 2.45) is 12.8 Å². The van der Waals surface area contributed by atoms with E-state index in [-0.39, 0.29) is 5.56 Å². The number of rotatable bonds is 3. The Labute approximate surface area is 116 Å². The summed E-state index contributed by atoms with van der Waals surface area (Å²) >= 11 is 1.05. The van der Waals surface area contributed by atoms with E-state index in [1.807, 2.05) is 0 Å². The molecule has 1 aromatic heterocycles. The molecule has 5 nitrogen and oxygen atoms in total. The summed E-state index contributed by atoms with van der Waals surface area (Å²) in [5.74, 6) is -0.618. The Kier molecular flexibility index (Phi) is 3.71. The Balaban J connectivity index is 2.42. The van der Waals surface area contributed by atoms with E-state index in [0.717, 1.165) is 17.8 Å². The first kappa shape index (κ1) is 14.4. The average molecular weight is 301 g/mol. The summed E-state index contributed by atoms with van der Waals surface area (Å²) in [4.78, 5) is 0.346. The van der Waals surface area contributed by atoms with E-state index in [0.29, 0.717) is 10.1 Å². The third kappa shape index (κ3) is 2.93. The molecule has 0 fully saturated rings. The molecule has 2 aromatic rings. The van der Waals surface area contributed by atoms with Crippen molar-refractivity contribution >= 4 is 17.6 Å². The first-order valence-corrected chi connectivity index (χ1v) is 6.18. The van der Waals surface area contributed by atoms with Crippen molar-refractivity contribution in [3.8, 4) is 0 Å². The number of nitrogen functional groups attached to an aromatic ring is 1. The highest BCUT2D eigenvalue weighted by Gasteiger charge is 2.34. The molecule has 3 N–H and O–H groups in total. The predicted molar refractivity (Wildman–Crippen MR) is 67.6 cm³/mol. The van der Waals surface area contributed by atoms with Crippen LogP contribution >= 0.6 is 11.8 Å². The molecule has 0 aliphatic carbocycles. The minimum absolute atomic E-state index is 0.334. The maximum Gasteiger partial charge on any atom is 0.417 e. The summed E-state index contributed by atoms with van der Waals surface area (Å²) in [6, 6.07) is 3.60. The molecule has 0 spiro atoms. The molecule has 0 unspecified atom stereocenters. The van der Waals surface area contributed by atoms with E-state index in [4.69, 9.17) is 11.1 Å². The van der Waals surface area contributed by atoms with Gasteiger partial charge >= 0.3 is 6.18 Å². The summed E-state index contributed by atoms with van der Waals surface area (Å²) in [6.07, 6.45) is -3.12. The van der Waals surface area contributed by atoms with Crippen molar-refractivity contribution in [1.29, 1.82) is 5.41 Å². The van der Waals surface area contributed by atoms with Gasteiger partial charge in [-0.05, 0) is 30.0 Å². The summed E-state index contributed by atoms with van der Waals surface area (Å²) in [5.41, 5.74) is 3.90. The smallest absolute Gasteiger partial charge is 0.384 e. The largest absolute Gasteiger partial charge is 0.417 e. The zero-order valence-electron chi connectivity index (χ0n) is 10.3. The van der Waals surface area contributed by atoms with Gasteiger partial charge in [0.15, 0.2) is 5.16 Å². The third-order valence-electron chi connectivity index (χ3n) is 2.47. The van der Waals surface area contributed by atoms with Crippen molar-refractivity contribution in [3.05, 3.63) is 35.7 Å². The van der Waals surface area contributed by atoms with Crippen LogP contribution in [0.4, 0.5) is 13.2 Å². The molecule has 0 aliphatic rings. The zero-order valence-corrected chi connectivity index (χ0v) is 11.1. The van der Waals surface area contributed by atoms with Gasteiger partial charge in [0.05, 0.1) is 5.56 Å². The van der Waals surface area contributed by atoms with Crippen LogP contribution in [0.1, 0.15) is 11.1 Å². The molecule has 0 saturated carbocycles. The first-order valence-electron chi connectivity index (χ1n) is 5.36. The second-order valence-electron chi connectivity index (χ2n) is 3.95. The minimum atomic E-state index is -4.57. The van der Waals surface area contributed by atoms with Crippen LogP contribution in [-0.4, -0.2) is 20.6 Å². The SMILES string of the molecule is Cn1cnnc1Sc1ccc(C(=N)N)c(C(F)(F)F)c1. The zero-order chi connectivity index (χ0) is 14.9. The lowest BCUT2D eigenvalue weighted by Crippen LogP contribution is -2.18. The standard InChI is InChI=1S/C11H10F3N5S/c1-19-5-17-18-10(19)20-6-2-3-7(9(15)16)8(4-6)11(12,13)14/h2-5H,1H3,(H3,15,16). The van der Waals surface area contributed by atoms with Crippen LogP contribution in [0.25, 0.3) is 0 Å². The summed E-state index contributed by atoms with van der Waals surface area (Å²) < 4.78 is 40.5. The lowest BCUT2D eigenvalue weighted by Gasteiger charge is -2.13. The average Bonchev–Trinajstić information content (AvgIpc) is 2.73. The fourth-order valence-corrected chi connectivity index (χ4v) is 2.33. The molecule has 0 amide bonds. The van der Waals surface area contributed by atoms with Crippen LogP contribution in [0.3, 0.4) is 0 Å². The van der Waals surface area contributed by atoms with Gasteiger partial charge in [0.1, 0.15) is 12.2 Å². The Morgan fingerprint density at radius 1 is 1.40 bits per heavy atom. The number of aryl methyl sites for hydroxylation is 1. The van der Waals surface area contributed by atoms with Gasteiger partial charge < -0.3 is 10.3 Å². The molecule has 20 heavy (non-hydrogen) atoms. The van der Waals surface area contributed by atoms with E-state index in [1.54, 1.807) is 11.6 Å². The number of benzene rings is 1. The van der Waals surface area contributed by atoms with E-state index in [2.05, 4.69) is 10.2 Å². The van der Waals surface area contributed by atoms with Gasteiger partial charge in [0.25, 0.3) is 0 Å². The number of halogens is 3. The number of amidine groups is 1. The van der Waals surface area contributed by atoms with Crippen LogP contribution in [0, 0.1) is 5.41 Å².